The van der Waals surface area contributed by atoms with E-state index in [9.17, 15) is 18.0 Å². The highest BCUT2D eigenvalue weighted by Gasteiger charge is 2.72. The van der Waals surface area contributed by atoms with Crippen molar-refractivity contribution in [3.63, 3.8) is 0 Å². The average molecular weight is 342 g/mol. The van der Waals surface area contributed by atoms with E-state index in [-0.39, 0.29) is 24.4 Å². The van der Waals surface area contributed by atoms with E-state index in [4.69, 9.17) is 4.74 Å². The molecule has 1 heterocycles. The number of benzene rings is 1. The highest BCUT2D eigenvalue weighted by molar-refractivity contribution is 5.93. The summed E-state index contributed by atoms with van der Waals surface area (Å²) in [5.41, 5.74) is -1.49. The minimum atomic E-state index is -4.86. The van der Waals surface area contributed by atoms with Crippen molar-refractivity contribution in [2.45, 2.75) is 51.8 Å². The van der Waals surface area contributed by atoms with Gasteiger partial charge in [0.15, 0.2) is 0 Å². The number of carbonyl (C=O) groups excluding carboxylic acids is 1. The molecule has 0 radical (unpaired) electrons. The maximum atomic E-state index is 13.7. The summed E-state index contributed by atoms with van der Waals surface area (Å²) in [5.74, 6) is -1.26. The number of esters is 1. The lowest BCUT2D eigenvalue weighted by Gasteiger charge is -2.44. The van der Waals surface area contributed by atoms with Crippen LogP contribution in [0.4, 0.5) is 13.2 Å². The van der Waals surface area contributed by atoms with E-state index >= 15 is 0 Å². The van der Waals surface area contributed by atoms with Crippen molar-refractivity contribution in [2.75, 3.05) is 6.61 Å². The third kappa shape index (κ3) is 3.01. The van der Waals surface area contributed by atoms with Gasteiger partial charge in [-0.25, -0.2) is 4.79 Å². The SMILES string of the molecule is CCCCC1=C(c2ccc(C)cc2)O[C@]1(C(=O)OCC)C(F)(F)F. The van der Waals surface area contributed by atoms with Crippen LogP contribution in [0.25, 0.3) is 5.76 Å². The van der Waals surface area contributed by atoms with Gasteiger partial charge in [-0.05, 0) is 26.7 Å². The van der Waals surface area contributed by atoms with Crippen molar-refractivity contribution >= 4 is 11.7 Å². The molecule has 6 heteroatoms. The van der Waals surface area contributed by atoms with Crippen LogP contribution in [-0.4, -0.2) is 24.4 Å². The maximum Gasteiger partial charge on any atom is 0.443 e. The Labute approximate surface area is 139 Å². The maximum absolute atomic E-state index is 13.7. The Kier molecular flexibility index (Phi) is 5.26. The Morgan fingerprint density at radius 2 is 1.83 bits per heavy atom. The van der Waals surface area contributed by atoms with Crippen molar-refractivity contribution in [3.8, 4) is 0 Å². The third-order valence-corrected chi connectivity index (χ3v) is 4.01. The predicted molar refractivity (Wildman–Crippen MR) is 84.1 cm³/mol. The zero-order valence-electron chi connectivity index (χ0n) is 14.0. The van der Waals surface area contributed by atoms with Crippen LogP contribution in [0.3, 0.4) is 0 Å². The molecule has 3 nitrogen and oxygen atoms in total. The lowest BCUT2D eigenvalue weighted by Crippen LogP contribution is -2.61. The van der Waals surface area contributed by atoms with E-state index in [1.807, 2.05) is 13.8 Å². The van der Waals surface area contributed by atoms with E-state index in [0.717, 1.165) is 5.56 Å². The van der Waals surface area contributed by atoms with Gasteiger partial charge >= 0.3 is 17.7 Å². The minimum absolute atomic E-state index is 0.0425. The lowest BCUT2D eigenvalue weighted by atomic mass is 9.81. The van der Waals surface area contributed by atoms with Gasteiger partial charge in [0.25, 0.3) is 0 Å². The van der Waals surface area contributed by atoms with Gasteiger partial charge in [-0.3, -0.25) is 0 Å². The zero-order valence-corrected chi connectivity index (χ0v) is 14.0. The molecule has 0 N–H and O–H groups in total. The molecule has 1 aromatic rings. The molecule has 1 aliphatic rings. The second-order valence-electron chi connectivity index (χ2n) is 5.78. The van der Waals surface area contributed by atoms with E-state index in [1.165, 1.54) is 6.92 Å². The van der Waals surface area contributed by atoms with Crippen molar-refractivity contribution < 1.29 is 27.4 Å². The van der Waals surface area contributed by atoms with E-state index in [0.29, 0.717) is 18.4 Å². The second-order valence-corrected chi connectivity index (χ2v) is 5.78. The summed E-state index contributed by atoms with van der Waals surface area (Å²) in [6, 6.07) is 6.98. The molecule has 1 atom stereocenters. The molecule has 0 unspecified atom stereocenters. The Morgan fingerprint density at radius 3 is 2.33 bits per heavy atom. The Morgan fingerprint density at radius 1 is 1.21 bits per heavy atom. The van der Waals surface area contributed by atoms with Crippen LogP contribution in [0.15, 0.2) is 29.8 Å². The molecular formula is C18H21F3O3. The normalized spacial score (nSPS) is 20.4. The van der Waals surface area contributed by atoms with E-state index in [2.05, 4.69) is 4.74 Å². The van der Waals surface area contributed by atoms with Crippen LogP contribution < -0.4 is 0 Å². The molecule has 2 rings (SSSR count). The van der Waals surface area contributed by atoms with Crippen LogP contribution in [0.1, 0.15) is 44.2 Å². The molecule has 0 saturated carbocycles. The highest BCUT2D eigenvalue weighted by atomic mass is 19.4. The number of hydrogen-bond donors (Lipinski definition) is 0. The Bertz CT molecular complexity index is 632. The van der Waals surface area contributed by atoms with Gasteiger partial charge in [-0.2, -0.15) is 13.2 Å². The summed E-state index contributed by atoms with van der Waals surface area (Å²) in [4.78, 5) is 12.1. The minimum Gasteiger partial charge on any atom is -0.463 e. The molecule has 0 saturated heterocycles. The summed E-state index contributed by atoms with van der Waals surface area (Å²) < 4.78 is 50.9. The number of aryl methyl sites for hydroxylation is 1. The first-order valence-corrected chi connectivity index (χ1v) is 8.01. The van der Waals surface area contributed by atoms with Crippen LogP contribution in [0.5, 0.6) is 0 Å². The van der Waals surface area contributed by atoms with Gasteiger partial charge in [0.05, 0.1) is 6.61 Å². The molecule has 0 aliphatic carbocycles. The fourth-order valence-electron chi connectivity index (χ4n) is 2.71. The topological polar surface area (TPSA) is 35.5 Å². The number of carbonyl (C=O) groups is 1. The van der Waals surface area contributed by atoms with Crippen molar-refractivity contribution in [1.29, 1.82) is 0 Å². The first-order valence-electron chi connectivity index (χ1n) is 8.01. The summed E-state index contributed by atoms with van der Waals surface area (Å²) in [6.07, 6.45) is -3.48. The summed E-state index contributed by atoms with van der Waals surface area (Å²) in [5, 5.41) is 0. The summed E-state index contributed by atoms with van der Waals surface area (Å²) in [6.45, 7) is 5.10. The molecule has 0 fully saturated rings. The molecule has 1 aromatic carbocycles. The van der Waals surface area contributed by atoms with Crippen LogP contribution in [-0.2, 0) is 14.3 Å². The fourth-order valence-corrected chi connectivity index (χ4v) is 2.71. The van der Waals surface area contributed by atoms with Crippen molar-refractivity contribution in [2.24, 2.45) is 0 Å². The number of hydrogen-bond acceptors (Lipinski definition) is 3. The molecule has 0 amide bonds. The predicted octanol–water partition coefficient (Wildman–Crippen LogP) is 4.79. The molecule has 0 spiro atoms. The van der Waals surface area contributed by atoms with Gasteiger partial charge in [0.2, 0.25) is 0 Å². The molecule has 0 aromatic heterocycles. The third-order valence-electron chi connectivity index (χ3n) is 4.01. The van der Waals surface area contributed by atoms with Gasteiger partial charge in [-0.15, -0.1) is 0 Å². The number of ether oxygens (including phenoxy) is 2. The first-order chi connectivity index (χ1) is 11.3. The standard InChI is InChI=1S/C18H21F3O3/c1-4-6-7-14-15(13-10-8-12(3)9-11-13)24-17(14,18(19,20)21)16(22)23-5-2/h8-11H,4-7H2,1-3H3/t17-/m1/s1. The number of unbranched alkanes of at least 4 members (excludes halogenated alkanes) is 1. The molecule has 0 bridgehead atoms. The van der Waals surface area contributed by atoms with Crippen molar-refractivity contribution in [3.05, 3.63) is 41.0 Å². The zero-order chi connectivity index (χ0) is 18.0. The molecular weight excluding hydrogens is 321 g/mol. The van der Waals surface area contributed by atoms with Gasteiger partial charge in [0, 0.05) is 11.1 Å². The Hall–Kier alpha value is -1.98. The number of halogens is 3. The monoisotopic (exact) mass is 342 g/mol. The highest BCUT2D eigenvalue weighted by Crippen LogP contribution is 2.54. The molecule has 1 aliphatic heterocycles. The average Bonchev–Trinajstić information content (AvgIpc) is 2.48. The quantitative estimate of drug-likeness (QED) is 0.697. The second kappa shape index (κ2) is 6.87. The smallest absolute Gasteiger partial charge is 0.443 e. The Balaban J connectivity index is 2.52. The molecule has 24 heavy (non-hydrogen) atoms. The largest absolute Gasteiger partial charge is 0.463 e. The van der Waals surface area contributed by atoms with Crippen molar-refractivity contribution in [1.82, 2.24) is 0 Å². The van der Waals surface area contributed by atoms with Crippen LogP contribution >= 0.6 is 0 Å². The van der Waals surface area contributed by atoms with E-state index in [1.54, 1.807) is 24.3 Å². The summed E-state index contributed by atoms with van der Waals surface area (Å²) >= 11 is 0. The summed E-state index contributed by atoms with van der Waals surface area (Å²) in [7, 11) is 0. The number of alkyl halides is 3. The van der Waals surface area contributed by atoms with Gasteiger partial charge in [0.1, 0.15) is 5.76 Å². The van der Waals surface area contributed by atoms with Crippen LogP contribution in [0.2, 0.25) is 0 Å². The molecule has 132 valence electrons. The fraction of sp³-hybridized carbons (Fsp3) is 0.500. The lowest BCUT2D eigenvalue weighted by molar-refractivity contribution is -0.259. The van der Waals surface area contributed by atoms with Gasteiger partial charge in [-0.1, -0.05) is 43.2 Å². The van der Waals surface area contributed by atoms with Gasteiger partial charge < -0.3 is 9.47 Å². The number of rotatable bonds is 6. The first kappa shape index (κ1) is 18.4. The van der Waals surface area contributed by atoms with Crippen LogP contribution in [0, 0.1) is 6.92 Å². The van der Waals surface area contributed by atoms with E-state index < -0.39 is 17.7 Å².